The van der Waals surface area contributed by atoms with Gasteiger partial charge in [-0.2, -0.15) is 4.98 Å². The van der Waals surface area contributed by atoms with Crippen molar-refractivity contribution in [2.75, 3.05) is 18.5 Å². The fourth-order valence-corrected chi connectivity index (χ4v) is 3.20. The van der Waals surface area contributed by atoms with Gasteiger partial charge >= 0.3 is 0 Å². The van der Waals surface area contributed by atoms with Gasteiger partial charge in [0.15, 0.2) is 0 Å². The zero-order chi connectivity index (χ0) is 17.2. The second kappa shape index (κ2) is 6.76. The Morgan fingerprint density at radius 3 is 3.04 bits per heavy atom. The van der Waals surface area contributed by atoms with E-state index in [0.29, 0.717) is 29.1 Å². The number of aromatic nitrogens is 2. The minimum atomic E-state index is 0.447. The molecule has 0 radical (unpaired) electrons. The van der Waals surface area contributed by atoms with Gasteiger partial charge in [-0.3, -0.25) is 0 Å². The predicted molar refractivity (Wildman–Crippen MR) is 98.2 cm³/mol. The molecule has 0 spiro atoms. The zero-order valence-corrected chi connectivity index (χ0v) is 14.6. The second-order valence-electron chi connectivity index (χ2n) is 5.93. The van der Waals surface area contributed by atoms with Crippen LogP contribution in [0.1, 0.15) is 18.9 Å². The van der Waals surface area contributed by atoms with Gasteiger partial charge in [-0.1, -0.05) is 35.8 Å². The third kappa shape index (κ3) is 3.07. The normalized spacial score (nSPS) is 12.7. The molecule has 25 heavy (non-hydrogen) atoms. The Balaban J connectivity index is 1.64. The van der Waals surface area contributed by atoms with Crippen molar-refractivity contribution in [3.63, 3.8) is 0 Å². The number of ether oxygens (including phenoxy) is 1. The van der Waals surface area contributed by atoms with Gasteiger partial charge < -0.3 is 14.6 Å². The van der Waals surface area contributed by atoms with Crippen LogP contribution in [0.4, 0.5) is 5.69 Å². The molecule has 1 aliphatic heterocycles. The summed E-state index contributed by atoms with van der Waals surface area (Å²) in [6, 6.07) is 11.6. The molecule has 0 aliphatic carbocycles. The van der Waals surface area contributed by atoms with Gasteiger partial charge in [-0.05, 0) is 42.7 Å². The van der Waals surface area contributed by atoms with Gasteiger partial charge in [0.05, 0.1) is 11.6 Å². The first-order valence-electron chi connectivity index (χ1n) is 8.39. The lowest BCUT2D eigenvalue weighted by atomic mass is 10.0. The van der Waals surface area contributed by atoms with Crippen molar-refractivity contribution in [2.45, 2.75) is 19.8 Å². The summed E-state index contributed by atoms with van der Waals surface area (Å²) in [7, 11) is 0. The number of hydrogen-bond acceptors (Lipinski definition) is 5. The predicted octanol–water partition coefficient (Wildman–Crippen LogP) is 4.81. The topological polar surface area (TPSA) is 60.2 Å². The van der Waals surface area contributed by atoms with Gasteiger partial charge in [-0.15, -0.1) is 0 Å². The lowest BCUT2D eigenvalue weighted by molar-refractivity contribution is 0.317. The number of rotatable bonds is 5. The molecular weight excluding hydrogens is 338 g/mol. The van der Waals surface area contributed by atoms with Crippen LogP contribution in [0.25, 0.3) is 22.8 Å². The average molecular weight is 356 g/mol. The first-order valence-corrected chi connectivity index (χ1v) is 8.76. The summed E-state index contributed by atoms with van der Waals surface area (Å²) < 4.78 is 11.1. The second-order valence-corrected chi connectivity index (χ2v) is 6.33. The van der Waals surface area contributed by atoms with E-state index in [4.69, 9.17) is 20.9 Å². The van der Waals surface area contributed by atoms with Gasteiger partial charge in [-0.25, -0.2) is 0 Å². The van der Waals surface area contributed by atoms with E-state index in [9.17, 15) is 0 Å². The summed E-state index contributed by atoms with van der Waals surface area (Å²) in [5.74, 6) is 1.71. The van der Waals surface area contributed by atoms with E-state index in [1.165, 1.54) is 5.56 Å². The number of hydrogen-bond donors (Lipinski definition) is 1. The fraction of sp³-hybridized carbons (Fsp3) is 0.263. The summed E-state index contributed by atoms with van der Waals surface area (Å²) >= 11 is 6.29. The zero-order valence-electron chi connectivity index (χ0n) is 13.9. The number of fused-ring (bicyclic) bond motifs is 1. The monoisotopic (exact) mass is 355 g/mol. The SMILES string of the molecule is CCCOc1ccc(-c2nc(-c3cccc4c3CCN4)no2)cc1Cl. The Bertz CT molecular complexity index is 907. The molecule has 0 saturated carbocycles. The maximum absolute atomic E-state index is 6.29. The summed E-state index contributed by atoms with van der Waals surface area (Å²) in [6.07, 6.45) is 1.89. The van der Waals surface area contributed by atoms with E-state index >= 15 is 0 Å². The van der Waals surface area contributed by atoms with Crippen molar-refractivity contribution in [1.29, 1.82) is 0 Å². The maximum atomic E-state index is 6.29. The van der Waals surface area contributed by atoms with Crippen LogP contribution in [0, 0.1) is 0 Å². The minimum Gasteiger partial charge on any atom is -0.492 e. The van der Waals surface area contributed by atoms with Crippen LogP contribution in [0.3, 0.4) is 0 Å². The molecular formula is C19H18ClN3O2. The molecule has 0 unspecified atom stereocenters. The van der Waals surface area contributed by atoms with Crippen LogP contribution in [0.5, 0.6) is 5.75 Å². The van der Waals surface area contributed by atoms with Crippen LogP contribution < -0.4 is 10.1 Å². The van der Waals surface area contributed by atoms with Crippen LogP contribution in [-0.4, -0.2) is 23.3 Å². The Kier molecular flexibility index (Phi) is 4.32. The molecule has 2 aromatic carbocycles. The molecule has 2 heterocycles. The Labute approximate surface area is 151 Å². The summed E-state index contributed by atoms with van der Waals surface area (Å²) in [5, 5.41) is 8.05. The highest BCUT2D eigenvalue weighted by Crippen LogP contribution is 2.34. The van der Waals surface area contributed by atoms with Crippen molar-refractivity contribution < 1.29 is 9.26 Å². The van der Waals surface area contributed by atoms with Crippen molar-refractivity contribution in [3.8, 4) is 28.6 Å². The molecule has 0 fully saturated rings. The van der Waals surface area contributed by atoms with Gasteiger partial charge in [0.25, 0.3) is 5.89 Å². The third-order valence-electron chi connectivity index (χ3n) is 4.17. The van der Waals surface area contributed by atoms with E-state index in [2.05, 4.69) is 28.4 Å². The molecule has 1 N–H and O–H groups in total. The minimum absolute atomic E-state index is 0.447. The quantitative estimate of drug-likeness (QED) is 0.711. The van der Waals surface area contributed by atoms with Crippen molar-refractivity contribution in [2.24, 2.45) is 0 Å². The first kappa shape index (κ1) is 16.0. The molecule has 0 atom stereocenters. The van der Waals surface area contributed by atoms with E-state index in [-0.39, 0.29) is 0 Å². The smallest absolute Gasteiger partial charge is 0.258 e. The van der Waals surface area contributed by atoms with Crippen molar-refractivity contribution in [1.82, 2.24) is 10.1 Å². The van der Waals surface area contributed by atoms with Crippen molar-refractivity contribution >= 4 is 17.3 Å². The fourth-order valence-electron chi connectivity index (χ4n) is 2.97. The molecule has 0 amide bonds. The number of anilines is 1. The lowest BCUT2D eigenvalue weighted by Gasteiger charge is -2.07. The van der Waals surface area contributed by atoms with Crippen molar-refractivity contribution in [3.05, 3.63) is 47.0 Å². The van der Waals surface area contributed by atoms with Crippen LogP contribution in [-0.2, 0) is 6.42 Å². The van der Waals surface area contributed by atoms with Gasteiger partial charge in [0.2, 0.25) is 5.82 Å². The maximum Gasteiger partial charge on any atom is 0.258 e. The van der Waals surface area contributed by atoms with E-state index in [0.717, 1.165) is 36.2 Å². The van der Waals surface area contributed by atoms with E-state index < -0.39 is 0 Å². The number of nitrogens with zero attached hydrogens (tertiary/aromatic N) is 2. The molecule has 3 aromatic rings. The molecule has 0 saturated heterocycles. The molecule has 128 valence electrons. The molecule has 4 rings (SSSR count). The number of halogens is 1. The van der Waals surface area contributed by atoms with Crippen LogP contribution in [0.15, 0.2) is 40.9 Å². The van der Waals surface area contributed by atoms with Crippen LogP contribution in [0.2, 0.25) is 5.02 Å². The molecule has 0 bridgehead atoms. The lowest BCUT2D eigenvalue weighted by Crippen LogP contribution is -1.95. The van der Waals surface area contributed by atoms with E-state index in [1.54, 1.807) is 6.07 Å². The van der Waals surface area contributed by atoms with Crippen LogP contribution >= 0.6 is 11.6 Å². The Morgan fingerprint density at radius 1 is 1.28 bits per heavy atom. The largest absolute Gasteiger partial charge is 0.492 e. The van der Waals surface area contributed by atoms with Gasteiger partial charge in [0, 0.05) is 23.4 Å². The highest BCUT2D eigenvalue weighted by molar-refractivity contribution is 6.32. The standard InChI is InChI=1S/C19H18ClN3O2/c1-2-10-24-17-7-6-12(11-15(17)20)19-22-18(23-25-19)14-4-3-5-16-13(14)8-9-21-16/h3-7,11,21H,2,8-10H2,1H3. The highest BCUT2D eigenvalue weighted by atomic mass is 35.5. The molecule has 1 aromatic heterocycles. The van der Waals surface area contributed by atoms with E-state index in [1.807, 2.05) is 24.3 Å². The Morgan fingerprint density at radius 2 is 2.20 bits per heavy atom. The third-order valence-corrected chi connectivity index (χ3v) is 4.47. The average Bonchev–Trinajstić information content (AvgIpc) is 3.29. The van der Waals surface area contributed by atoms with Gasteiger partial charge in [0.1, 0.15) is 5.75 Å². The highest BCUT2D eigenvalue weighted by Gasteiger charge is 2.19. The first-order chi connectivity index (χ1) is 12.3. The Hall–Kier alpha value is -2.53. The molecule has 6 heteroatoms. The summed E-state index contributed by atoms with van der Waals surface area (Å²) in [4.78, 5) is 4.56. The summed E-state index contributed by atoms with van der Waals surface area (Å²) in [6.45, 7) is 3.63. The molecule has 1 aliphatic rings. The number of benzene rings is 2. The number of nitrogens with one attached hydrogen (secondary N) is 1. The molecule has 5 nitrogen and oxygen atoms in total. The summed E-state index contributed by atoms with van der Waals surface area (Å²) in [5.41, 5.74) is 4.16.